The van der Waals surface area contributed by atoms with Gasteiger partial charge in [-0.05, 0) is 37.8 Å². The number of fused-ring (bicyclic) bond motifs is 1. The maximum Gasteiger partial charge on any atom is 0.289 e. The fourth-order valence-corrected chi connectivity index (χ4v) is 3.70. The molecule has 2 aliphatic heterocycles. The molecule has 0 saturated carbocycles. The van der Waals surface area contributed by atoms with Crippen LogP contribution in [-0.2, 0) is 13.0 Å². The summed E-state index contributed by atoms with van der Waals surface area (Å²) < 4.78 is 1.95. The van der Waals surface area contributed by atoms with Gasteiger partial charge in [0, 0.05) is 38.3 Å². The molecule has 1 saturated heterocycles. The van der Waals surface area contributed by atoms with E-state index < -0.39 is 0 Å². The number of carbonyl (C=O) groups is 1. The minimum atomic E-state index is -0.139. The topological polar surface area (TPSA) is 99.7 Å². The maximum atomic E-state index is 12.6. The Kier molecular flexibility index (Phi) is 4.52. The molecule has 0 atom stereocenters. The van der Waals surface area contributed by atoms with Crippen molar-refractivity contribution >= 4 is 11.7 Å². The Balaban J connectivity index is 1.38. The zero-order valence-electron chi connectivity index (χ0n) is 14.6. The molecule has 0 spiro atoms. The zero-order valence-corrected chi connectivity index (χ0v) is 14.6. The lowest BCUT2D eigenvalue weighted by Crippen LogP contribution is -2.45. The Morgan fingerprint density at radius 3 is 2.88 bits per heavy atom. The van der Waals surface area contributed by atoms with Crippen LogP contribution in [0.1, 0.15) is 47.7 Å². The number of nitriles is 1. The largest absolute Gasteiger partial charge is 0.355 e. The summed E-state index contributed by atoms with van der Waals surface area (Å²) in [5.41, 5.74) is 0.588. The van der Waals surface area contributed by atoms with Gasteiger partial charge in [-0.15, -0.1) is 10.2 Å². The van der Waals surface area contributed by atoms with Gasteiger partial charge in [-0.2, -0.15) is 5.26 Å². The molecule has 0 aromatic carbocycles. The molecule has 134 valence electrons. The number of nitrogens with one attached hydrogen (secondary N) is 1. The number of carbonyl (C=O) groups excluding carboxylic acids is 1. The van der Waals surface area contributed by atoms with Gasteiger partial charge in [-0.3, -0.25) is 4.79 Å². The number of nitrogens with zero attached hydrogens (tertiary/aromatic N) is 6. The molecule has 8 nitrogen and oxygen atoms in total. The van der Waals surface area contributed by atoms with Gasteiger partial charge in [0.05, 0.1) is 5.56 Å². The number of piperidine rings is 1. The summed E-state index contributed by atoms with van der Waals surface area (Å²) >= 11 is 0. The second-order valence-corrected chi connectivity index (χ2v) is 6.77. The van der Waals surface area contributed by atoms with Crippen molar-refractivity contribution in [2.24, 2.45) is 0 Å². The van der Waals surface area contributed by atoms with Crippen molar-refractivity contribution in [3.63, 3.8) is 0 Å². The average Bonchev–Trinajstić information content (AvgIpc) is 3.13. The number of aryl methyl sites for hydroxylation is 1. The predicted molar refractivity (Wildman–Crippen MR) is 94.6 cm³/mol. The molecule has 2 aromatic heterocycles. The van der Waals surface area contributed by atoms with E-state index in [1.807, 2.05) is 4.57 Å². The highest BCUT2D eigenvalue weighted by molar-refractivity contribution is 5.91. The molecule has 2 aromatic rings. The molecule has 1 fully saturated rings. The molecule has 0 radical (unpaired) electrons. The Labute approximate surface area is 151 Å². The second kappa shape index (κ2) is 7.12. The van der Waals surface area contributed by atoms with Crippen LogP contribution in [-0.4, -0.2) is 44.8 Å². The van der Waals surface area contributed by atoms with Crippen LogP contribution in [0.2, 0.25) is 0 Å². The molecule has 1 N–H and O–H groups in total. The molecule has 0 unspecified atom stereocenters. The highest BCUT2D eigenvalue weighted by atomic mass is 16.2. The molecule has 26 heavy (non-hydrogen) atoms. The van der Waals surface area contributed by atoms with E-state index in [0.29, 0.717) is 11.4 Å². The normalized spacial score (nSPS) is 17.4. The average molecular weight is 351 g/mol. The molecule has 8 heteroatoms. The van der Waals surface area contributed by atoms with E-state index in [2.05, 4.69) is 31.5 Å². The molecular weight excluding hydrogens is 330 g/mol. The lowest BCUT2D eigenvalue weighted by atomic mass is 10.0. The Morgan fingerprint density at radius 2 is 2.08 bits per heavy atom. The third-order valence-corrected chi connectivity index (χ3v) is 5.10. The van der Waals surface area contributed by atoms with Crippen LogP contribution in [0, 0.1) is 11.3 Å². The summed E-state index contributed by atoms with van der Waals surface area (Å²) in [6, 6.07) is 5.85. The first-order chi connectivity index (χ1) is 12.8. The number of hydrogen-bond donors (Lipinski definition) is 1. The number of hydrogen-bond acceptors (Lipinski definition) is 6. The van der Waals surface area contributed by atoms with E-state index in [9.17, 15) is 10.1 Å². The molecule has 0 aliphatic carbocycles. The van der Waals surface area contributed by atoms with Gasteiger partial charge in [-0.25, -0.2) is 4.98 Å². The number of rotatable bonds is 3. The molecule has 1 amide bonds. The highest BCUT2D eigenvalue weighted by Gasteiger charge is 2.26. The van der Waals surface area contributed by atoms with Crippen LogP contribution in [0.25, 0.3) is 0 Å². The van der Waals surface area contributed by atoms with E-state index >= 15 is 0 Å². The third-order valence-electron chi connectivity index (χ3n) is 5.10. The lowest BCUT2D eigenvalue weighted by molar-refractivity contribution is 0.0914. The quantitative estimate of drug-likeness (QED) is 0.894. The van der Waals surface area contributed by atoms with Gasteiger partial charge in [0.1, 0.15) is 17.7 Å². The fourth-order valence-electron chi connectivity index (χ4n) is 3.70. The van der Waals surface area contributed by atoms with E-state index in [1.165, 1.54) is 0 Å². The Hall–Kier alpha value is -2.95. The van der Waals surface area contributed by atoms with Gasteiger partial charge in [-0.1, -0.05) is 0 Å². The number of aromatic nitrogens is 4. The van der Waals surface area contributed by atoms with E-state index in [1.54, 1.807) is 18.3 Å². The SMILES string of the molecule is N#Cc1cccnc1N1CCC(NC(=O)c2nnc3n2CCCC3)CC1. The van der Waals surface area contributed by atoms with Crippen LogP contribution in [0.4, 0.5) is 5.82 Å². The van der Waals surface area contributed by atoms with E-state index in [4.69, 9.17) is 0 Å². The number of amides is 1. The molecule has 4 heterocycles. The first kappa shape index (κ1) is 16.5. The molecule has 0 bridgehead atoms. The van der Waals surface area contributed by atoms with Gasteiger partial charge in [0.2, 0.25) is 5.82 Å². The van der Waals surface area contributed by atoms with Gasteiger partial charge >= 0.3 is 0 Å². The number of anilines is 1. The third kappa shape index (κ3) is 3.12. The van der Waals surface area contributed by atoms with Crippen LogP contribution in [0.15, 0.2) is 18.3 Å². The van der Waals surface area contributed by atoms with Crippen molar-refractivity contribution in [3.05, 3.63) is 35.5 Å². The minimum absolute atomic E-state index is 0.101. The molecular formula is C18H21N7O. The van der Waals surface area contributed by atoms with E-state index in [-0.39, 0.29) is 11.9 Å². The van der Waals surface area contributed by atoms with Crippen molar-refractivity contribution < 1.29 is 4.79 Å². The van der Waals surface area contributed by atoms with Crippen LogP contribution in [0.3, 0.4) is 0 Å². The van der Waals surface area contributed by atoms with Crippen molar-refractivity contribution in [2.75, 3.05) is 18.0 Å². The summed E-state index contributed by atoms with van der Waals surface area (Å²) in [4.78, 5) is 19.0. The monoisotopic (exact) mass is 351 g/mol. The summed E-state index contributed by atoms with van der Waals surface area (Å²) in [5.74, 6) is 1.93. The number of pyridine rings is 1. The lowest BCUT2D eigenvalue weighted by Gasteiger charge is -2.33. The first-order valence-corrected chi connectivity index (χ1v) is 9.09. The second-order valence-electron chi connectivity index (χ2n) is 6.77. The van der Waals surface area contributed by atoms with Gasteiger partial charge in [0.15, 0.2) is 0 Å². The van der Waals surface area contributed by atoms with E-state index in [0.717, 1.165) is 63.4 Å². The van der Waals surface area contributed by atoms with Crippen molar-refractivity contribution in [3.8, 4) is 6.07 Å². The molecule has 2 aliphatic rings. The Morgan fingerprint density at radius 1 is 1.23 bits per heavy atom. The maximum absolute atomic E-state index is 12.6. The summed E-state index contributed by atoms with van der Waals surface area (Å²) in [6.07, 6.45) is 6.40. The van der Waals surface area contributed by atoms with Crippen LogP contribution < -0.4 is 10.2 Å². The van der Waals surface area contributed by atoms with Crippen LogP contribution in [0.5, 0.6) is 0 Å². The highest BCUT2D eigenvalue weighted by Crippen LogP contribution is 2.21. The smallest absolute Gasteiger partial charge is 0.289 e. The minimum Gasteiger partial charge on any atom is -0.355 e. The predicted octanol–water partition coefficient (Wildman–Crippen LogP) is 1.28. The fraction of sp³-hybridized carbons (Fsp3) is 0.500. The van der Waals surface area contributed by atoms with Gasteiger partial charge < -0.3 is 14.8 Å². The summed E-state index contributed by atoms with van der Waals surface area (Å²) in [6.45, 7) is 2.34. The molecule has 4 rings (SSSR count). The summed E-state index contributed by atoms with van der Waals surface area (Å²) in [7, 11) is 0. The zero-order chi connectivity index (χ0) is 17.9. The summed E-state index contributed by atoms with van der Waals surface area (Å²) in [5, 5.41) is 20.6. The van der Waals surface area contributed by atoms with Crippen molar-refractivity contribution in [2.45, 2.75) is 44.7 Å². The first-order valence-electron chi connectivity index (χ1n) is 9.09. The standard InChI is InChI=1S/C18H21N7O/c19-12-13-4-3-8-20-16(13)24-10-6-14(7-11-24)21-18(26)17-23-22-15-5-1-2-9-25(15)17/h3-4,8,14H,1-2,5-7,9-11H2,(H,21,26). The van der Waals surface area contributed by atoms with Crippen molar-refractivity contribution in [1.29, 1.82) is 5.26 Å². The van der Waals surface area contributed by atoms with Crippen molar-refractivity contribution in [1.82, 2.24) is 25.1 Å². The Bertz CT molecular complexity index is 845. The van der Waals surface area contributed by atoms with Gasteiger partial charge in [0.25, 0.3) is 5.91 Å². The van der Waals surface area contributed by atoms with Crippen LogP contribution >= 0.6 is 0 Å².